The molecule has 6 nitrogen and oxygen atoms in total. The van der Waals surface area contributed by atoms with Crippen molar-refractivity contribution < 1.29 is 4.57 Å². The van der Waals surface area contributed by atoms with Crippen molar-refractivity contribution in [2.24, 2.45) is 0 Å². The summed E-state index contributed by atoms with van der Waals surface area (Å²) in [6.45, 7) is 0. The van der Waals surface area contributed by atoms with Crippen molar-refractivity contribution >= 4 is 83.7 Å². The van der Waals surface area contributed by atoms with Crippen LogP contribution in [0.1, 0.15) is 0 Å². The van der Waals surface area contributed by atoms with Crippen molar-refractivity contribution in [3.63, 3.8) is 0 Å². The zero-order chi connectivity index (χ0) is 35.1. The Morgan fingerprint density at radius 2 is 0.906 bits per heavy atom. The second kappa shape index (κ2) is 11.4. The molecule has 0 N–H and O–H groups in total. The number of rotatable bonds is 4. The van der Waals surface area contributed by atoms with Gasteiger partial charge in [-0.15, -0.1) is 0 Å². The molecule has 0 spiro atoms. The molecular weight excluding hydrogens is 670 g/mol. The number of pyridine rings is 2. The van der Waals surface area contributed by atoms with Crippen LogP contribution in [0.15, 0.2) is 183 Å². The molecule has 4 aromatic heterocycles. The van der Waals surface area contributed by atoms with E-state index in [-0.39, 0.29) is 0 Å². The third-order valence-electron chi connectivity index (χ3n) is 10.7. The van der Waals surface area contributed by atoms with E-state index in [4.69, 9.17) is 0 Å². The second-order valence-corrected chi connectivity index (χ2v) is 16.2. The summed E-state index contributed by atoms with van der Waals surface area (Å²) in [6.07, 6.45) is 7.63. The van der Waals surface area contributed by atoms with Crippen LogP contribution in [0, 0.1) is 0 Å². The first-order valence-corrected chi connectivity index (χ1v) is 19.4. The van der Waals surface area contributed by atoms with E-state index in [0.717, 1.165) is 88.0 Å². The lowest BCUT2D eigenvalue weighted by Crippen LogP contribution is -2.36. The van der Waals surface area contributed by atoms with Crippen molar-refractivity contribution in [2.75, 3.05) is 4.90 Å². The molecule has 0 fully saturated rings. The number of nitrogens with zero attached hydrogens (tertiary/aromatic N) is 5. The molecule has 0 saturated carbocycles. The SMILES string of the molecule is O=P1(c2ccccc2)c2ccccc2N(c2cc(-n3c4ccccc4c4cnccc43)cc(-n3c4ccccc4c4ccncc43)c2)c2ccccc21. The maximum atomic E-state index is 15.7. The lowest BCUT2D eigenvalue weighted by atomic mass is 10.1. The molecule has 53 heavy (non-hydrogen) atoms. The molecule has 0 unspecified atom stereocenters. The molecule has 0 radical (unpaired) electrons. The average Bonchev–Trinajstić information content (AvgIpc) is 3.74. The van der Waals surface area contributed by atoms with Crippen LogP contribution >= 0.6 is 7.14 Å². The fourth-order valence-corrected chi connectivity index (χ4v) is 11.4. The third kappa shape index (κ3) is 4.24. The van der Waals surface area contributed by atoms with Gasteiger partial charge in [0.25, 0.3) is 0 Å². The van der Waals surface area contributed by atoms with E-state index in [1.807, 2.05) is 91.5 Å². The van der Waals surface area contributed by atoms with E-state index in [9.17, 15) is 0 Å². The van der Waals surface area contributed by atoms with Gasteiger partial charge in [0.1, 0.15) is 0 Å². The second-order valence-electron chi connectivity index (χ2n) is 13.5. The molecule has 10 aromatic rings. The van der Waals surface area contributed by atoms with Crippen LogP contribution in [0.2, 0.25) is 0 Å². The number of para-hydroxylation sites is 4. The van der Waals surface area contributed by atoms with Gasteiger partial charge in [-0.25, -0.2) is 0 Å². The van der Waals surface area contributed by atoms with Gasteiger partial charge in [0.2, 0.25) is 0 Å². The molecule has 1 aliphatic heterocycles. The van der Waals surface area contributed by atoms with Crippen LogP contribution in [0.4, 0.5) is 17.1 Å². The molecule has 0 bridgehead atoms. The van der Waals surface area contributed by atoms with Gasteiger partial charge in [0.05, 0.1) is 56.7 Å². The molecule has 6 aromatic carbocycles. The number of benzene rings is 6. The molecule has 1 aliphatic rings. The highest BCUT2D eigenvalue weighted by atomic mass is 31.2. The average molecular weight is 700 g/mol. The zero-order valence-corrected chi connectivity index (χ0v) is 29.3. The van der Waals surface area contributed by atoms with Crippen LogP contribution in [-0.4, -0.2) is 19.1 Å². The smallest absolute Gasteiger partial charge is 0.175 e. The van der Waals surface area contributed by atoms with Gasteiger partial charge in [-0.3, -0.25) is 9.97 Å². The first kappa shape index (κ1) is 29.9. The quantitative estimate of drug-likeness (QED) is 0.172. The van der Waals surface area contributed by atoms with Crippen molar-refractivity contribution in [1.29, 1.82) is 0 Å². The van der Waals surface area contributed by atoms with E-state index in [1.54, 1.807) is 0 Å². The van der Waals surface area contributed by atoms with E-state index >= 15 is 4.57 Å². The van der Waals surface area contributed by atoms with Gasteiger partial charge in [-0.1, -0.05) is 91.0 Å². The lowest BCUT2D eigenvalue weighted by Gasteiger charge is -2.38. The standard InChI is InChI=1S/C46H30N5OP/c52-53(34-12-2-1-3-13-34)45-20-10-8-18-42(45)51(43-19-9-11-21-46(43)53)33-27-31(49-40-17-7-5-15-36(40)38-29-47-25-23-41(38)49)26-32(28-33)50-39-16-6-4-14-35(39)37-22-24-48-30-44(37)50/h1-30H. The van der Waals surface area contributed by atoms with Crippen molar-refractivity contribution in [3.8, 4) is 11.4 Å². The summed E-state index contributed by atoms with van der Waals surface area (Å²) < 4.78 is 20.4. The Morgan fingerprint density at radius 1 is 0.415 bits per heavy atom. The number of hydrogen-bond acceptors (Lipinski definition) is 4. The van der Waals surface area contributed by atoms with Crippen LogP contribution in [-0.2, 0) is 4.57 Å². The Morgan fingerprint density at radius 3 is 1.60 bits per heavy atom. The molecular formula is C46H30N5OP. The minimum atomic E-state index is -3.22. The molecule has 7 heteroatoms. The van der Waals surface area contributed by atoms with Gasteiger partial charge in [0, 0.05) is 56.0 Å². The van der Waals surface area contributed by atoms with Crippen LogP contribution < -0.4 is 20.8 Å². The van der Waals surface area contributed by atoms with E-state index < -0.39 is 7.14 Å². The predicted octanol–water partition coefficient (Wildman–Crippen LogP) is 10.1. The summed E-state index contributed by atoms with van der Waals surface area (Å²) in [7, 11) is -3.22. The third-order valence-corrected chi connectivity index (χ3v) is 13.8. The Labute approximate surface area is 305 Å². The van der Waals surface area contributed by atoms with Gasteiger partial charge >= 0.3 is 0 Å². The molecule has 0 saturated heterocycles. The van der Waals surface area contributed by atoms with Crippen LogP contribution in [0.3, 0.4) is 0 Å². The lowest BCUT2D eigenvalue weighted by molar-refractivity contribution is 0.592. The van der Waals surface area contributed by atoms with Gasteiger partial charge < -0.3 is 18.6 Å². The monoisotopic (exact) mass is 699 g/mol. The minimum Gasteiger partial charge on any atom is -0.309 e. The number of hydrogen-bond donors (Lipinski definition) is 0. The summed E-state index contributed by atoms with van der Waals surface area (Å²) in [6, 6.07) is 54.3. The minimum absolute atomic E-state index is 0.820. The number of anilines is 3. The van der Waals surface area contributed by atoms with Crippen LogP contribution in [0.5, 0.6) is 0 Å². The first-order valence-electron chi connectivity index (χ1n) is 17.7. The maximum absolute atomic E-state index is 15.7. The zero-order valence-electron chi connectivity index (χ0n) is 28.4. The molecule has 0 amide bonds. The highest BCUT2D eigenvalue weighted by molar-refractivity contribution is 7.86. The largest absolute Gasteiger partial charge is 0.309 e. The van der Waals surface area contributed by atoms with Gasteiger partial charge in [-0.05, 0) is 66.7 Å². The van der Waals surface area contributed by atoms with Crippen molar-refractivity contribution in [1.82, 2.24) is 19.1 Å². The highest BCUT2D eigenvalue weighted by Crippen LogP contribution is 2.54. The molecule has 5 heterocycles. The summed E-state index contributed by atoms with van der Waals surface area (Å²) in [5.74, 6) is 0. The van der Waals surface area contributed by atoms with E-state index in [2.05, 4.69) is 115 Å². The maximum Gasteiger partial charge on any atom is 0.175 e. The Balaban J connectivity index is 1.26. The number of aromatic nitrogens is 4. The first-order chi connectivity index (χ1) is 26.2. The fraction of sp³-hybridized carbons (Fsp3) is 0. The summed E-state index contributed by atoms with van der Waals surface area (Å²) >= 11 is 0. The molecule has 11 rings (SSSR count). The Hall–Kier alpha value is -6.75. The fourth-order valence-electron chi connectivity index (χ4n) is 8.45. The van der Waals surface area contributed by atoms with E-state index in [0.29, 0.717) is 0 Å². The van der Waals surface area contributed by atoms with Crippen molar-refractivity contribution in [3.05, 3.63) is 183 Å². The molecule has 250 valence electrons. The highest BCUT2D eigenvalue weighted by Gasteiger charge is 2.41. The Bertz CT molecular complexity index is 2840. The predicted molar refractivity (Wildman–Crippen MR) is 218 cm³/mol. The summed E-state index contributed by atoms with van der Waals surface area (Å²) in [4.78, 5) is 11.4. The number of fused-ring (bicyclic) bond motifs is 8. The summed E-state index contributed by atoms with van der Waals surface area (Å²) in [5.41, 5.74) is 9.02. The van der Waals surface area contributed by atoms with Crippen molar-refractivity contribution in [2.45, 2.75) is 0 Å². The van der Waals surface area contributed by atoms with Crippen LogP contribution in [0.25, 0.3) is 55.0 Å². The topological polar surface area (TPSA) is 56.0 Å². The van der Waals surface area contributed by atoms with Gasteiger partial charge in [-0.2, -0.15) is 0 Å². The summed E-state index contributed by atoms with van der Waals surface area (Å²) in [5, 5.41) is 7.00. The molecule has 0 aliphatic carbocycles. The van der Waals surface area contributed by atoms with E-state index in [1.165, 1.54) is 0 Å². The molecule has 0 atom stereocenters. The van der Waals surface area contributed by atoms with Gasteiger partial charge in [0.15, 0.2) is 7.14 Å². The normalized spacial score (nSPS) is 13.5. The Kier molecular flexibility index (Phi) is 6.42.